The molecule has 26 heavy (non-hydrogen) atoms. The minimum Gasteiger partial charge on any atom is -0.357 e. The number of pyridine rings is 1. The summed E-state index contributed by atoms with van der Waals surface area (Å²) in [4.78, 5) is 9.23. The van der Waals surface area contributed by atoms with Crippen molar-refractivity contribution in [1.82, 2.24) is 20.0 Å². The number of guanidine groups is 1. The van der Waals surface area contributed by atoms with Crippen LogP contribution < -0.4 is 10.6 Å². The Balaban J connectivity index is 0.00000243. The summed E-state index contributed by atoms with van der Waals surface area (Å²) in [6.07, 6.45) is 4.98. The Bertz CT molecular complexity index is 848. The molecule has 0 unspecified atom stereocenters. The molecular formula is C19H23BrIN5. The SMILES string of the molecule is CCNC(=NCc1cn2cc(Br)ccc2n1)NCCc1ccccc1.I. The van der Waals surface area contributed by atoms with Crippen molar-refractivity contribution in [2.45, 2.75) is 19.9 Å². The molecule has 0 amide bonds. The van der Waals surface area contributed by atoms with Gasteiger partial charge < -0.3 is 15.0 Å². The van der Waals surface area contributed by atoms with Gasteiger partial charge in [-0.1, -0.05) is 30.3 Å². The molecule has 1 aromatic carbocycles. The Kier molecular flexibility index (Phi) is 8.37. The molecule has 0 aliphatic rings. The highest BCUT2D eigenvalue weighted by Crippen LogP contribution is 2.12. The molecule has 7 heteroatoms. The summed E-state index contributed by atoms with van der Waals surface area (Å²) < 4.78 is 3.04. The van der Waals surface area contributed by atoms with Crippen LogP contribution in [0.4, 0.5) is 0 Å². The number of hydrogen-bond acceptors (Lipinski definition) is 2. The van der Waals surface area contributed by atoms with Gasteiger partial charge in [0.05, 0.1) is 12.2 Å². The van der Waals surface area contributed by atoms with Crippen molar-refractivity contribution in [3.05, 3.63) is 70.6 Å². The smallest absolute Gasteiger partial charge is 0.191 e. The van der Waals surface area contributed by atoms with Crippen molar-refractivity contribution in [2.24, 2.45) is 4.99 Å². The average Bonchev–Trinajstić information content (AvgIpc) is 3.02. The van der Waals surface area contributed by atoms with E-state index in [1.807, 2.05) is 35.0 Å². The van der Waals surface area contributed by atoms with E-state index >= 15 is 0 Å². The molecule has 0 radical (unpaired) electrons. The predicted molar refractivity (Wildman–Crippen MR) is 121 cm³/mol. The third kappa shape index (κ3) is 5.98. The second kappa shape index (κ2) is 10.5. The minimum atomic E-state index is 0. The van der Waals surface area contributed by atoms with Crippen LogP contribution in [-0.4, -0.2) is 28.4 Å². The number of aliphatic imine (C=N–C) groups is 1. The molecule has 5 nitrogen and oxygen atoms in total. The molecule has 2 N–H and O–H groups in total. The molecule has 3 rings (SSSR count). The maximum atomic E-state index is 4.64. The van der Waals surface area contributed by atoms with E-state index < -0.39 is 0 Å². The molecule has 0 aliphatic heterocycles. The van der Waals surface area contributed by atoms with E-state index in [0.29, 0.717) is 6.54 Å². The standard InChI is InChI=1S/C19H22BrN5.HI/c1-2-21-19(22-11-10-15-6-4-3-5-7-15)23-12-17-14-25-13-16(20)8-9-18(25)24-17;/h3-9,13-14H,2,10-12H2,1H3,(H2,21,22,23);1H. The molecule has 0 saturated carbocycles. The van der Waals surface area contributed by atoms with Crippen molar-refractivity contribution < 1.29 is 0 Å². The van der Waals surface area contributed by atoms with Crippen LogP contribution in [0.2, 0.25) is 0 Å². The lowest BCUT2D eigenvalue weighted by atomic mass is 10.1. The number of benzene rings is 1. The van der Waals surface area contributed by atoms with Crippen molar-refractivity contribution in [2.75, 3.05) is 13.1 Å². The average molecular weight is 528 g/mol. The fraction of sp³-hybridized carbons (Fsp3) is 0.263. The first-order chi connectivity index (χ1) is 12.2. The zero-order valence-corrected chi connectivity index (χ0v) is 18.6. The van der Waals surface area contributed by atoms with Crippen LogP contribution in [0.5, 0.6) is 0 Å². The molecule has 3 aromatic rings. The van der Waals surface area contributed by atoms with Gasteiger partial charge in [-0.25, -0.2) is 9.98 Å². The summed E-state index contributed by atoms with van der Waals surface area (Å²) in [5.74, 6) is 0.816. The van der Waals surface area contributed by atoms with Crippen LogP contribution in [-0.2, 0) is 13.0 Å². The number of hydrogen-bond donors (Lipinski definition) is 2. The van der Waals surface area contributed by atoms with Crippen molar-refractivity contribution >= 4 is 51.5 Å². The Morgan fingerprint density at radius 3 is 2.69 bits per heavy atom. The number of imidazole rings is 1. The van der Waals surface area contributed by atoms with Crippen molar-refractivity contribution in [3.8, 4) is 0 Å². The number of aromatic nitrogens is 2. The predicted octanol–water partition coefficient (Wildman–Crippen LogP) is 4.01. The highest BCUT2D eigenvalue weighted by molar-refractivity contribution is 14.0. The van der Waals surface area contributed by atoms with Gasteiger partial charge in [0.25, 0.3) is 0 Å². The zero-order valence-electron chi connectivity index (χ0n) is 14.7. The van der Waals surface area contributed by atoms with Gasteiger partial charge in [-0.05, 0) is 47.0 Å². The lowest BCUT2D eigenvalue weighted by Crippen LogP contribution is -2.38. The minimum absolute atomic E-state index is 0. The summed E-state index contributed by atoms with van der Waals surface area (Å²) in [7, 11) is 0. The molecule has 0 atom stereocenters. The van der Waals surface area contributed by atoms with Gasteiger partial charge in [-0.15, -0.1) is 24.0 Å². The quantitative estimate of drug-likeness (QED) is 0.289. The lowest BCUT2D eigenvalue weighted by Gasteiger charge is -2.10. The molecule has 0 aliphatic carbocycles. The number of halogens is 2. The number of nitrogens with zero attached hydrogens (tertiary/aromatic N) is 3. The highest BCUT2D eigenvalue weighted by Gasteiger charge is 2.03. The van der Waals surface area contributed by atoms with Gasteiger partial charge in [-0.3, -0.25) is 0 Å². The number of fused-ring (bicyclic) bond motifs is 1. The first-order valence-electron chi connectivity index (χ1n) is 8.44. The first-order valence-corrected chi connectivity index (χ1v) is 9.23. The number of nitrogens with one attached hydrogen (secondary N) is 2. The van der Waals surface area contributed by atoms with Crippen LogP contribution in [0.1, 0.15) is 18.2 Å². The van der Waals surface area contributed by atoms with Crippen LogP contribution in [0.3, 0.4) is 0 Å². The summed E-state index contributed by atoms with van der Waals surface area (Å²) in [5, 5.41) is 6.66. The molecule has 2 aromatic heterocycles. The van der Waals surface area contributed by atoms with Crippen LogP contribution >= 0.6 is 39.9 Å². The van der Waals surface area contributed by atoms with E-state index in [9.17, 15) is 0 Å². The molecule has 0 bridgehead atoms. The lowest BCUT2D eigenvalue weighted by molar-refractivity contribution is 0.797. The second-order valence-electron chi connectivity index (χ2n) is 5.70. The van der Waals surface area contributed by atoms with E-state index in [-0.39, 0.29) is 24.0 Å². The van der Waals surface area contributed by atoms with E-state index in [1.54, 1.807) is 0 Å². The van der Waals surface area contributed by atoms with Crippen LogP contribution in [0, 0.1) is 0 Å². The number of rotatable bonds is 6. The van der Waals surface area contributed by atoms with E-state index in [0.717, 1.165) is 41.3 Å². The maximum Gasteiger partial charge on any atom is 0.191 e. The summed E-state index contributed by atoms with van der Waals surface area (Å²) in [5.41, 5.74) is 3.19. The van der Waals surface area contributed by atoms with Gasteiger partial charge in [0, 0.05) is 30.0 Å². The maximum absolute atomic E-state index is 4.64. The van der Waals surface area contributed by atoms with Crippen molar-refractivity contribution in [3.63, 3.8) is 0 Å². The second-order valence-corrected chi connectivity index (χ2v) is 6.62. The zero-order chi connectivity index (χ0) is 17.5. The third-order valence-corrected chi connectivity index (χ3v) is 4.23. The highest BCUT2D eigenvalue weighted by atomic mass is 127. The van der Waals surface area contributed by atoms with E-state index in [2.05, 4.69) is 67.7 Å². The monoisotopic (exact) mass is 527 g/mol. The Labute approximate surface area is 179 Å². The van der Waals surface area contributed by atoms with E-state index in [1.165, 1.54) is 5.56 Å². The topological polar surface area (TPSA) is 53.7 Å². The molecule has 2 heterocycles. The van der Waals surface area contributed by atoms with E-state index in [4.69, 9.17) is 0 Å². The Morgan fingerprint density at radius 1 is 1.12 bits per heavy atom. The van der Waals surface area contributed by atoms with Gasteiger partial charge >= 0.3 is 0 Å². The van der Waals surface area contributed by atoms with Gasteiger partial charge in [0.2, 0.25) is 0 Å². The molecule has 0 saturated heterocycles. The molecule has 138 valence electrons. The summed E-state index contributed by atoms with van der Waals surface area (Å²) in [6.45, 7) is 4.28. The summed E-state index contributed by atoms with van der Waals surface area (Å²) >= 11 is 3.48. The first kappa shape index (κ1) is 20.7. The van der Waals surface area contributed by atoms with Gasteiger partial charge in [-0.2, -0.15) is 0 Å². The Morgan fingerprint density at radius 2 is 1.92 bits per heavy atom. The fourth-order valence-electron chi connectivity index (χ4n) is 2.57. The third-order valence-electron chi connectivity index (χ3n) is 3.76. The summed E-state index contributed by atoms with van der Waals surface area (Å²) in [6, 6.07) is 14.4. The molecule has 0 fully saturated rings. The molecule has 0 spiro atoms. The largest absolute Gasteiger partial charge is 0.357 e. The fourth-order valence-corrected chi connectivity index (χ4v) is 2.92. The van der Waals surface area contributed by atoms with Crippen LogP contribution in [0.25, 0.3) is 5.65 Å². The van der Waals surface area contributed by atoms with Crippen molar-refractivity contribution in [1.29, 1.82) is 0 Å². The van der Waals surface area contributed by atoms with Gasteiger partial charge in [0.15, 0.2) is 5.96 Å². The normalized spacial score (nSPS) is 11.2. The molecular weight excluding hydrogens is 505 g/mol. The van der Waals surface area contributed by atoms with Crippen LogP contribution in [0.15, 0.2) is 64.3 Å². The Hall–Kier alpha value is -1.61. The van der Waals surface area contributed by atoms with Gasteiger partial charge in [0.1, 0.15) is 5.65 Å².